The van der Waals surface area contributed by atoms with Gasteiger partial charge in [-0.1, -0.05) is 22.9 Å². The molecule has 0 spiro atoms. The van der Waals surface area contributed by atoms with Gasteiger partial charge in [0.15, 0.2) is 0 Å². The van der Waals surface area contributed by atoms with Crippen molar-refractivity contribution in [3.05, 3.63) is 28.5 Å². The van der Waals surface area contributed by atoms with E-state index < -0.39 is 0 Å². The summed E-state index contributed by atoms with van der Waals surface area (Å²) in [6, 6.07) is 6.43. The summed E-state index contributed by atoms with van der Waals surface area (Å²) < 4.78 is 3.52. The third-order valence-corrected chi connectivity index (χ3v) is 4.60. The minimum atomic E-state index is 0.736. The van der Waals surface area contributed by atoms with E-state index in [4.69, 9.17) is 4.98 Å². The van der Waals surface area contributed by atoms with Crippen molar-refractivity contribution in [2.75, 3.05) is 13.1 Å². The zero-order chi connectivity index (χ0) is 13.9. The van der Waals surface area contributed by atoms with E-state index in [-0.39, 0.29) is 0 Å². The number of aryl methyl sites for hydroxylation is 1. The van der Waals surface area contributed by atoms with Crippen molar-refractivity contribution >= 4 is 27.0 Å². The van der Waals surface area contributed by atoms with E-state index in [2.05, 4.69) is 50.9 Å². The van der Waals surface area contributed by atoms with Crippen molar-refractivity contribution in [1.29, 1.82) is 0 Å². The summed E-state index contributed by atoms with van der Waals surface area (Å²) in [6.45, 7) is 5.61. The van der Waals surface area contributed by atoms with Gasteiger partial charge in [0, 0.05) is 17.4 Å². The lowest BCUT2D eigenvalue weighted by atomic mass is 9.96. The van der Waals surface area contributed by atoms with Crippen LogP contribution in [-0.4, -0.2) is 22.6 Å². The lowest BCUT2D eigenvalue weighted by Gasteiger charge is -2.22. The molecule has 0 bridgehead atoms. The van der Waals surface area contributed by atoms with Crippen molar-refractivity contribution in [1.82, 2.24) is 14.9 Å². The number of imidazole rings is 1. The molecule has 2 aromatic rings. The number of benzene rings is 1. The summed E-state index contributed by atoms with van der Waals surface area (Å²) >= 11 is 3.54. The number of hydrogen-bond acceptors (Lipinski definition) is 2. The molecule has 1 fully saturated rings. The molecule has 4 heteroatoms. The average Bonchev–Trinajstić information content (AvgIpc) is 2.77. The van der Waals surface area contributed by atoms with Crippen LogP contribution in [-0.2, 0) is 13.0 Å². The van der Waals surface area contributed by atoms with Crippen molar-refractivity contribution in [2.45, 2.75) is 39.2 Å². The van der Waals surface area contributed by atoms with E-state index in [1.165, 1.54) is 30.7 Å². The Morgan fingerprint density at radius 3 is 3.10 bits per heavy atom. The molecule has 0 radical (unpaired) electrons. The van der Waals surface area contributed by atoms with Gasteiger partial charge in [0.05, 0.1) is 11.0 Å². The Labute approximate surface area is 128 Å². The van der Waals surface area contributed by atoms with Crippen molar-refractivity contribution in [2.24, 2.45) is 5.92 Å². The monoisotopic (exact) mass is 335 g/mol. The highest BCUT2D eigenvalue weighted by Crippen LogP contribution is 2.24. The Morgan fingerprint density at radius 2 is 2.35 bits per heavy atom. The average molecular weight is 336 g/mol. The molecule has 1 aliphatic rings. The van der Waals surface area contributed by atoms with Gasteiger partial charge in [-0.05, 0) is 56.5 Å². The molecule has 0 saturated carbocycles. The Bertz CT molecular complexity index is 585. The first-order chi connectivity index (χ1) is 9.78. The van der Waals surface area contributed by atoms with E-state index in [0.717, 1.165) is 41.8 Å². The standard InChI is InChI=1S/C16H22BrN3/c1-2-8-20-15-6-5-13(17)10-14(15)19-16(20)9-12-4-3-7-18-11-12/h5-6,10,12,18H,2-4,7-9,11H2,1H3. The predicted octanol–water partition coefficient (Wildman–Crippen LogP) is 3.75. The lowest BCUT2D eigenvalue weighted by molar-refractivity contribution is 0.366. The van der Waals surface area contributed by atoms with Crippen LogP contribution in [0.5, 0.6) is 0 Å². The summed E-state index contributed by atoms with van der Waals surface area (Å²) in [5, 5.41) is 3.50. The smallest absolute Gasteiger partial charge is 0.110 e. The summed E-state index contributed by atoms with van der Waals surface area (Å²) in [7, 11) is 0. The molecule has 20 heavy (non-hydrogen) atoms. The van der Waals surface area contributed by atoms with E-state index in [1.54, 1.807) is 0 Å². The zero-order valence-corrected chi connectivity index (χ0v) is 13.6. The van der Waals surface area contributed by atoms with Crippen LogP contribution in [0.15, 0.2) is 22.7 Å². The first-order valence-electron chi connectivity index (χ1n) is 7.63. The molecule has 3 rings (SSSR count). The molecule has 1 aromatic carbocycles. The molecule has 1 unspecified atom stereocenters. The number of halogens is 1. The molecule has 2 heterocycles. The minimum absolute atomic E-state index is 0.736. The molecule has 1 aliphatic heterocycles. The highest BCUT2D eigenvalue weighted by atomic mass is 79.9. The number of aromatic nitrogens is 2. The summed E-state index contributed by atoms with van der Waals surface area (Å²) in [6.07, 6.45) is 4.87. The number of piperidine rings is 1. The SMILES string of the molecule is CCCn1c(CC2CCCNC2)nc2cc(Br)ccc21. The third kappa shape index (κ3) is 2.91. The quantitative estimate of drug-likeness (QED) is 0.922. The zero-order valence-electron chi connectivity index (χ0n) is 12.0. The van der Waals surface area contributed by atoms with Gasteiger partial charge in [-0.3, -0.25) is 0 Å². The maximum Gasteiger partial charge on any atom is 0.110 e. The van der Waals surface area contributed by atoms with E-state index in [1.807, 2.05) is 0 Å². The summed E-state index contributed by atoms with van der Waals surface area (Å²) in [5.41, 5.74) is 2.39. The number of hydrogen-bond donors (Lipinski definition) is 1. The van der Waals surface area contributed by atoms with E-state index in [9.17, 15) is 0 Å². The van der Waals surface area contributed by atoms with Crippen LogP contribution >= 0.6 is 15.9 Å². The van der Waals surface area contributed by atoms with Crippen LogP contribution in [0.4, 0.5) is 0 Å². The van der Waals surface area contributed by atoms with Crippen LogP contribution in [0, 0.1) is 5.92 Å². The van der Waals surface area contributed by atoms with Gasteiger partial charge in [0.2, 0.25) is 0 Å². The predicted molar refractivity (Wildman–Crippen MR) is 87.0 cm³/mol. The third-order valence-electron chi connectivity index (χ3n) is 4.11. The van der Waals surface area contributed by atoms with Gasteiger partial charge >= 0.3 is 0 Å². The van der Waals surface area contributed by atoms with E-state index in [0.29, 0.717) is 0 Å². The number of nitrogens with one attached hydrogen (secondary N) is 1. The second-order valence-electron chi connectivity index (χ2n) is 5.73. The van der Waals surface area contributed by atoms with Crippen molar-refractivity contribution in [3.63, 3.8) is 0 Å². The molecule has 3 nitrogen and oxygen atoms in total. The number of nitrogens with zero attached hydrogens (tertiary/aromatic N) is 2. The van der Waals surface area contributed by atoms with Gasteiger partial charge < -0.3 is 9.88 Å². The Hall–Kier alpha value is -0.870. The van der Waals surface area contributed by atoms with Crippen LogP contribution in [0.25, 0.3) is 11.0 Å². The highest BCUT2D eigenvalue weighted by molar-refractivity contribution is 9.10. The van der Waals surface area contributed by atoms with Gasteiger partial charge in [-0.2, -0.15) is 0 Å². The topological polar surface area (TPSA) is 29.9 Å². The molecule has 108 valence electrons. The molecule has 0 amide bonds. The maximum absolute atomic E-state index is 4.89. The largest absolute Gasteiger partial charge is 0.328 e. The first kappa shape index (κ1) is 14.1. The van der Waals surface area contributed by atoms with E-state index >= 15 is 0 Å². The highest BCUT2D eigenvalue weighted by Gasteiger charge is 2.18. The molecule has 1 atom stereocenters. The fourth-order valence-electron chi connectivity index (χ4n) is 3.14. The van der Waals surface area contributed by atoms with Gasteiger partial charge in [-0.25, -0.2) is 4.98 Å². The Morgan fingerprint density at radius 1 is 1.45 bits per heavy atom. The maximum atomic E-state index is 4.89. The second-order valence-corrected chi connectivity index (χ2v) is 6.64. The van der Waals surface area contributed by atoms with Gasteiger partial charge in [0.25, 0.3) is 0 Å². The van der Waals surface area contributed by atoms with Gasteiger partial charge in [0.1, 0.15) is 5.82 Å². The van der Waals surface area contributed by atoms with Crippen LogP contribution < -0.4 is 5.32 Å². The number of rotatable bonds is 4. The Kier molecular flexibility index (Phi) is 4.41. The minimum Gasteiger partial charge on any atom is -0.328 e. The Balaban J connectivity index is 1.93. The van der Waals surface area contributed by atoms with Crippen LogP contribution in [0.1, 0.15) is 32.0 Å². The first-order valence-corrected chi connectivity index (χ1v) is 8.42. The van der Waals surface area contributed by atoms with Gasteiger partial charge in [-0.15, -0.1) is 0 Å². The molecule has 1 saturated heterocycles. The molecular weight excluding hydrogens is 314 g/mol. The summed E-state index contributed by atoms with van der Waals surface area (Å²) in [5.74, 6) is 1.99. The molecule has 0 aliphatic carbocycles. The second kappa shape index (κ2) is 6.27. The molecule has 1 N–H and O–H groups in total. The fourth-order valence-corrected chi connectivity index (χ4v) is 3.49. The molecule has 1 aromatic heterocycles. The van der Waals surface area contributed by atoms with Crippen LogP contribution in [0.3, 0.4) is 0 Å². The summed E-state index contributed by atoms with van der Waals surface area (Å²) in [4.78, 5) is 4.89. The normalized spacial score (nSPS) is 19.6. The van der Waals surface area contributed by atoms with Crippen molar-refractivity contribution in [3.8, 4) is 0 Å². The fraction of sp³-hybridized carbons (Fsp3) is 0.562. The van der Waals surface area contributed by atoms with Crippen LogP contribution in [0.2, 0.25) is 0 Å². The molecular formula is C16H22BrN3. The van der Waals surface area contributed by atoms with Crippen molar-refractivity contribution < 1.29 is 0 Å². The number of fused-ring (bicyclic) bond motifs is 1. The lowest BCUT2D eigenvalue weighted by Crippen LogP contribution is -2.31.